The van der Waals surface area contributed by atoms with Gasteiger partial charge in [-0.3, -0.25) is 4.79 Å². The summed E-state index contributed by atoms with van der Waals surface area (Å²) in [6.07, 6.45) is 5.57. The number of nitrogens with one attached hydrogen (secondary N) is 1. The highest BCUT2D eigenvalue weighted by Crippen LogP contribution is 2.37. The zero-order valence-electron chi connectivity index (χ0n) is 13.7. The van der Waals surface area contributed by atoms with Crippen LogP contribution >= 0.6 is 11.6 Å². The van der Waals surface area contributed by atoms with Crippen molar-refractivity contribution in [3.63, 3.8) is 0 Å². The molecule has 0 aromatic heterocycles. The summed E-state index contributed by atoms with van der Waals surface area (Å²) in [6.45, 7) is 0. The van der Waals surface area contributed by atoms with Crippen LogP contribution in [0, 0.1) is 0 Å². The number of amides is 1. The number of nitrogens with zero attached hydrogens (tertiary/aromatic N) is 1. The molecule has 0 saturated carbocycles. The first kappa shape index (κ1) is 17.7. The van der Waals surface area contributed by atoms with Crippen LogP contribution in [0.5, 0.6) is 0 Å². The second-order valence-corrected chi connectivity index (χ2v) is 9.17. The molecule has 2 aliphatic rings. The van der Waals surface area contributed by atoms with Gasteiger partial charge >= 0.3 is 0 Å². The van der Waals surface area contributed by atoms with Gasteiger partial charge in [-0.25, -0.2) is 8.42 Å². The normalized spacial score (nSPS) is 27.2. The second kappa shape index (κ2) is 7.02. The molecule has 7 heteroatoms. The number of rotatable bonds is 5. The molecule has 1 aromatic rings. The van der Waals surface area contributed by atoms with Crippen LogP contribution in [0.3, 0.4) is 0 Å². The molecular weight excluding hydrogens is 348 g/mol. The number of fused-ring (bicyclic) bond motifs is 2. The Morgan fingerprint density at radius 3 is 2.54 bits per heavy atom. The second-order valence-electron chi connectivity index (χ2n) is 6.84. The number of hydrogen-bond acceptors (Lipinski definition) is 3. The maximum Gasteiger partial charge on any atom is 0.220 e. The molecule has 2 fully saturated rings. The van der Waals surface area contributed by atoms with Crippen LogP contribution in [-0.2, 0) is 21.2 Å². The van der Waals surface area contributed by atoms with Gasteiger partial charge in [0, 0.05) is 29.6 Å². The van der Waals surface area contributed by atoms with Crippen LogP contribution in [0.4, 0.5) is 0 Å². The van der Waals surface area contributed by atoms with Crippen molar-refractivity contribution in [3.8, 4) is 0 Å². The minimum Gasteiger partial charge on any atom is -0.353 e. The third-order valence-corrected chi connectivity index (χ3v) is 6.54. The number of carbonyl (C=O) groups excluding carboxylic acids is 1. The van der Waals surface area contributed by atoms with Crippen LogP contribution in [0.15, 0.2) is 24.3 Å². The number of halogens is 1. The summed E-state index contributed by atoms with van der Waals surface area (Å²) in [6, 6.07) is 7.69. The molecule has 0 radical (unpaired) electrons. The van der Waals surface area contributed by atoms with Gasteiger partial charge in [0.15, 0.2) is 0 Å². The fraction of sp³-hybridized carbons (Fsp3) is 0.588. The molecule has 2 atom stereocenters. The van der Waals surface area contributed by atoms with Gasteiger partial charge in [-0.05, 0) is 49.8 Å². The SMILES string of the molecule is CS(=O)(=O)N1C2CCC1CC(NC(=O)CCc1cccc(Cl)c1)C2. The lowest BCUT2D eigenvalue weighted by Gasteiger charge is -2.37. The summed E-state index contributed by atoms with van der Waals surface area (Å²) in [5.74, 6) is 0.0205. The summed E-state index contributed by atoms with van der Waals surface area (Å²) in [5, 5.41) is 3.76. The van der Waals surface area contributed by atoms with Gasteiger partial charge in [0.1, 0.15) is 0 Å². The number of piperidine rings is 1. The Kier molecular flexibility index (Phi) is 5.18. The molecular formula is C17H23ClN2O3S. The average Bonchev–Trinajstić information content (AvgIpc) is 2.78. The number of hydrogen-bond donors (Lipinski definition) is 1. The van der Waals surface area contributed by atoms with Crippen molar-refractivity contribution in [2.24, 2.45) is 0 Å². The van der Waals surface area contributed by atoms with Crippen molar-refractivity contribution in [1.29, 1.82) is 0 Å². The zero-order valence-corrected chi connectivity index (χ0v) is 15.3. The summed E-state index contributed by atoms with van der Waals surface area (Å²) in [7, 11) is -3.16. The molecule has 1 amide bonds. The van der Waals surface area contributed by atoms with Crippen LogP contribution < -0.4 is 5.32 Å². The molecule has 1 N–H and O–H groups in total. The lowest BCUT2D eigenvalue weighted by Crippen LogP contribution is -2.52. The summed E-state index contributed by atoms with van der Waals surface area (Å²) >= 11 is 5.95. The van der Waals surface area contributed by atoms with Gasteiger partial charge in [-0.1, -0.05) is 23.7 Å². The summed E-state index contributed by atoms with van der Waals surface area (Å²) in [5.41, 5.74) is 1.05. The predicted molar refractivity (Wildman–Crippen MR) is 94.4 cm³/mol. The topological polar surface area (TPSA) is 66.5 Å². The lowest BCUT2D eigenvalue weighted by atomic mass is 9.99. The monoisotopic (exact) mass is 370 g/mol. The van der Waals surface area contributed by atoms with E-state index in [0.717, 1.165) is 18.4 Å². The van der Waals surface area contributed by atoms with E-state index in [0.29, 0.717) is 30.7 Å². The molecule has 1 aromatic carbocycles. The Balaban J connectivity index is 1.52. The molecule has 3 rings (SSSR count). The molecule has 2 unspecified atom stereocenters. The van der Waals surface area contributed by atoms with Gasteiger partial charge in [-0.2, -0.15) is 4.31 Å². The van der Waals surface area contributed by atoms with E-state index in [9.17, 15) is 13.2 Å². The molecule has 2 bridgehead atoms. The van der Waals surface area contributed by atoms with E-state index in [2.05, 4.69) is 5.32 Å². The van der Waals surface area contributed by atoms with E-state index in [1.54, 1.807) is 4.31 Å². The van der Waals surface area contributed by atoms with Crippen molar-refractivity contribution in [3.05, 3.63) is 34.9 Å². The minimum absolute atomic E-state index is 0.0205. The summed E-state index contributed by atoms with van der Waals surface area (Å²) < 4.78 is 25.4. The first-order valence-electron chi connectivity index (χ1n) is 8.35. The van der Waals surface area contributed by atoms with Crippen LogP contribution in [0.2, 0.25) is 5.02 Å². The number of carbonyl (C=O) groups is 1. The van der Waals surface area contributed by atoms with Gasteiger partial charge < -0.3 is 5.32 Å². The molecule has 24 heavy (non-hydrogen) atoms. The van der Waals surface area contributed by atoms with Gasteiger partial charge in [0.25, 0.3) is 0 Å². The van der Waals surface area contributed by atoms with Crippen molar-refractivity contribution in [2.75, 3.05) is 6.26 Å². The molecule has 0 aliphatic carbocycles. The molecule has 2 heterocycles. The Labute approximate surface area is 148 Å². The fourth-order valence-corrected chi connectivity index (χ4v) is 5.72. The molecule has 0 spiro atoms. The maximum absolute atomic E-state index is 12.2. The Bertz CT molecular complexity index is 708. The Morgan fingerprint density at radius 1 is 1.29 bits per heavy atom. The van der Waals surface area contributed by atoms with Crippen LogP contribution in [0.1, 0.15) is 37.7 Å². The standard InChI is InChI=1S/C17H23ClN2O3S/c1-24(22,23)20-15-6-7-16(20)11-14(10-15)19-17(21)8-5-12-3-2-4-13(18)9-12/h2-4,9,14-16H,5-8,10-11H2,1H3,(H,19,21). The van der Waals surface area contributed by atoms with E-state index in [1.807, 2.05) is 24.3 Å². The average molecular weight is 371 g/mol. The molecule has 2 saturated heterocycles. The first-order chi connectivity index (χ1) is 11.3. The van der Waals surface area contributed by atoms with Crippen molar-refractivity contribution >= 4 is 27.5 Å². The van der Waals surface area contributed by atoms with Crippen LogP contribution in [0.25, 0.3) is 0 Å². The smallest absolute Gasteiger partial charge is 0.220 e. The number of aryl methyl sites for hydroxylation is 1. The summed E-state index contributed by atoms with van der Waals surface area (Å²) in [4.78, 5) is 12.2. The zero-order chi connectivity index (χ0) is 17.3. The van der Waals surface area contributed by atoms with Gasteiger partial charge in [0.2, 0.25) is 15.9 Å². The fourth-order valence-electron chi connectivity index (χ4n) is 4.04. The van der Waals surface area contributed by atoms with Gasteiger partial charge in [0.05, 0.1) is 6.26 Å². The highest BCUT2D eigenvalue weighted by molar-refractivity contribution is 7.88. The van der Waals surface area contributed by atoms with E-state index in [4.69, 9.17) is 11.6 Å². The number of benzene rings is 1. The van der Waals surface area contributed by atoms with E-state index in [-0.39, 0.29) is 24.0 Å². The Morgan fingerprint density at radius 2 is 1.96 bits per heavy atom. The van der Waals surface area contributed by atoms with Gasteiger partial charge in [-0.15, -0.1) is 0 Å². The van der Waals surface area contributed by atoms with Crippen molar-refractivity contribution in [1.82, 2.24) is 9.62 Å². The van der Waals surface area contributed by atoms with E-state index >= 15 is 0 Å². The maximum atomic E-state index is 12.2. The quantitative estimate of drug-likeness (QED) is 0.865. The van der Waals surface area contributed by atoms with E-state index in [1.165, 1.54) is 6.26 Å². The molecule has 132 valence electrons. The third-order valence-electron chi connectivity index (χ3n) is 4.94. The lowest BCUT2D eigenvalue weighted by molar-refractivity contribution is -0.122. The highest BCUT2D eigenvalue weighted by atomic mass is 35.5. The highest BCUT2D eigenvalue weighted by Gasteiger charge is 2.45. The number of sulfonamides is 1. The van der Waals surface area contributed by atoms with Crippen LogP contribution in [-0.4, -0.2) is 43.0 Å². The molecule has 5 nitrogen and oxygen atoms in total. The Hall–Kier alpha value is -1.11. The molecule has 2 aliphatic heterocycles. The minimum atomic E-state index is -3.16. The third kappa shape index (κ3) is 4.10. The van der Waals surface area contributed by atoms with Crippen molar-refractivity contribution in [2.45, 2.75) is 56.7 Å². The largest absolute Gasteiger partial charge is 0.353 e. The van der Waals surface area contributed by atoms with Crippen molar-refractivity contribution < 1.29 is 13.2 Å². The van der Waals surface area contributed by atoms with E-state index < -0.39 is 10.0 Å². The predicted octanol–water partition coefficient (Wildman–Crippen LogP) is 2.34. The first-order valence-corrected chi connectivity index (χ1v) is 10.6.